The van der Waals surface area contributed by atoms with Gasteiger partial charge in [0.2, 0.25) is 0 Å². The molecule has 2 saturated heterocycles. The summed E-state index contributed by atoms with van der Waals surface area (Å²) in [5.74, 6) is -0.436. The number of carbonyl (C=O) groups is 3. The first kappa shape index (κ1) is 19.2. The summed E-state index contributed by atoms with van der Waals surface area (Å²) in [5, 5.41) is 0. The number of fused-ring (bicyclic) bond motifs is 1. The zero-order chi connectivity index (χ0) is 19.6. The molecule has 2 aliphatic heterocycles. The molecule has 1 aromatic carbocycles. The Morgan fingerprint density at radius 1 is 1.15 bits per heavy atom. The lowest BCUT2D eigenvalue weighted by atomic mass is 10.0. The van der Waals surface area contributed by atoms with Gasteiger partial charge in [-0.25, -0.2) is 9.59 Å². The molecule has 0 aromatic heterocycles. The largest absolute Gasteiger partial charge is 0.445 e. The van der Waals surface area contributed by atoms with Gasteiger partial charge in [0.1, 0.15) is 18.5 Å². The van der Waals surface area contributed by atoms with Crippen molar-refractivity contribution in [3.63, 3.8) is 0 Å². The standard InChI is InChI=1S/C20H26N2O5/c1-20(2,3)27-19(25)21-10-9-16-17(21)15(12-23)11-22(16)18(24)26-13-14-7-5-4-6-8-14/h4-8,12,15-17H,9-11,13H2,1-3H3/t15-,16+,17+/m0/s1. The summed E-state index contributed by atoms with van der Waals surface area (Å²) in [7, 11) is 0. The van der Waals surface area contributed by atoms with Crippen molar-refractivity contribution in [1.29, 1.82) is 0 Å². The number of carbonyl (C=O) groups excluding carboxylic acids is 3. The number of hydrogen-bond acceptors (Lipinski definition) is 5. The molecule has 1 aromatic rings. The molecule has 2 amide bonds. The molecule has 0 N–H and O–H groups in total. The van der Waals surface area contributed by atoms with Gasteiger partial charge in [-0.2, -0.15) is 0 Å². The lowest BCUT2D eigenvalue weighted by Gasteiger charge is -2.29. The maximum atomic E-state index is 12.6. The van der Waals surface area contributed by atoms with Crippen LogP contribution in [0.1, 0.15) is 32.8 Å². The van der Waals surface area contributed by atoms with Gasteiger partial charge in [0.15, 0.2) is 0 Å². The van der Waals surface area contributed by atoms with E-state index in [-0.39, 0.29) is 25.2 Å². The molecule has 3 rings (SSSR count). The molecule has 27 heavy (non-hydrogen) atoms. The topological polar surface area (TPSA) is 76.2 Å². The summed E-state index contributed by atoms with van der Waals surface area (Å²) in [6.45, 7) is 6.30. The third-order valence-electron chi connectivity index (χ3n) is 4.91. The van der Waals surface area contributed by atoms with Crippen molar-refractivity contribution in [3.8, 4) is 0 Å². The average Bonchev–Trinajstić information content (AvgIpc) is 3.19. The van der Waals surface area contributed by atoms with Crippen LogP contribution in [-0.4, -0.2) is 59.0 Å². The number of ether oxygens (including phenoxy) is 2. The Morgan fingerprint density at radius 3 is 2.48 bits per heavy atom. The Morgan fingerprint density at radius 2 is 1.85 bits per heavy atom. The van der Waals surface area contributed by atoms with Crippen LogP contribution < -0.4 is 0 Å². The van der Waals surface area contributed by atoms with Crippen molar-refractivity contribution in [3.05, 3.63) is 35.9 Å². The Bertz CT molecular complexity index is 700. The summed E-state index contributed by atoms with van der Waals surface area (Å²) in [5.41, 5.74) is 0.286. The van der Waals surface area contributed by atoms with Crippen LogP contribution in [0.3, 0.4) is 0 Å². The summed E-state index contributed by atoms with van der Waals surface area (Å²) in [4.78, 5) is 39.8. The lowest BCUT2D eigenvalue weighted by molar-refractivity contribution is -0.111. The summed E-state index contributed by atoms with van der Waals surface area (Å²) in [6.07, 6.45) is 0.532. The number of hydrogen-bond donors (Lipinski definition) is 0. The van der Waals surface area contributed by atoms with Gasteiger partial charge >= 0.3 is 12.2 Å². The van der Waals surface area contributed by atoms with Crippen LogP contribution in [0.15, 0.2) is 30.3 Å². The van der Waals surface area contributed by atoms with E-state index in [1.807, 2.05) is 30.3 Å². The van der Waals surface area contributed by atoms with E-state index < -0.39 is 23.7 Å². The molecule has 0 radical (unpaired) electrons. The SMILES string of the molecule is CC(C)(C)OC(=O)N1CC[C@@H]2[C@H]1[C@H](C=O)CN2C(=O)OCc1ccccc1. The van der Waals surface area contributed by atoms with Gasteiger partial charge in [-0.15, -0.1) is 0 Å². The van der Waals surface area contributed by atoms with Crippen LogP contribution in [0.25, 0.3) is 0 Å². The smallest absolute Gasteiger partial charge is 0.410 e. The van der Waals surface area contributed by atoms with E-state index in [1.54, 1.807) is 30.6 Å². The molecular weight excluding hydrogens is 348 g/mol. The van der Waals surface area contributed by atoms with Gasteiger partial charge in [0.05, 0.1) is 18.0 Å². The maximum Gasteiger partial charge on any atom is 0.410 e. The fraction of sp³-hybridized carbons (Fsp3) is 0.550. The predicted octanol–water partition coefficient (Wildman–Crippen LogP) is 2.83. The van der Waals surface area contributed by atoms with Gasteiger partial charge in [-0.1, -0.05) is 30.3 Å². The van der Waals surface area contributed by atoms with Crippen molar-refractivity contribution < 1.29 is 23.9 Å². The van der Waals surface area contributed by atoms with E-state index in [1.165, 1.54) is 0 Å². The second-order valence-corrected chi connectivity index (χ2v) is 8.01. The highest BCUT2D eigenvalue weighted by Gasteiger charge is 2.53. The zero-order valence-electron chi connectivity index (χ0n) is 16.0. The Kier molecular flexibility index (Phi) is 5.39. The Balaban J connectivity index is 1.67. The van der Waals surface area contributed by atoms with E-state index >= 15 is 0 Å². The van der Waals surface area contributed by atoms with Crippen LogP contribution in [0.4, 0.5) is 9.59 Å². The normalized spacial score (nSPS) is 24.5. The highest BCUT2D eigenvalue weighted by Crippen LogP contribution is 2.36. The number of benzene rings is 1. The van der Waals surface area contributed by atoms with E-state index in [0.29, 0.717) is 13.0 Å². The molecule has 146 valence electrons. The molecule has 0 bridgehead atoms. The highest BCUT2D eigenvalue weighted by molar-refractivity contribution is 5.74. The molecule has 7 nitrogen and oxygen atoms in total. The second kappa shape index (κ2) is 7.58. The van der Waals surface area contributed by atoms with E-state index in [0.717, 1.165) is 11.8 Å². The second-order valence-electron chi connectivity index (χ2n) is 8.01. The molecule has 2 aliphatic rings. The van der Waals surface area contributed by atoms with Crippen LogP contribution in [0.2, 0.25) is 0 Å². The summed E-state index contributed by atoms with van der Waals surface area (Å²) < 4.78 is 10.9. The summed E-state index contributed by atoms with van der Waals surface area (Å²) >= 11 is 0. The predicted molar refractivity (Wildman–Crippen MR) is 98.0 cm³/mol. The first-order chi connectivity index (χ1) is 12.8. The molecule has 7 heteroatoms. The van der Waals surface area contributed by atoms with Crippen molar-refractivity contribution >= 4 is 18.5 Å². The fourth-order valence-electron chi connectivity index (χ4n) is 3.80. The minimum Gasteiger partial charge on any atom is -0.445 e. The number of likely N-dealkylation sites (tertiary alicyclic amines) is 2. The van der Waals surface area contributed by atoms with Crippen LogP contribution >= 0.6 is 0 Å². The molecule has 0 unspecified atom stereocenters. The van der Waals surface area contributed by atoms with Crippen molar-refractivity contribution in [1.82, 2.24) is 9.80 Å². The average molecular weight is 374 g/mol. The number of amides is 2. The van der Waals surface area contributed by atoms with Crippen molar-refractivity contribution in [2.75, 3.05) is 13.1 Å². The van der Waals surface area contributed by atoms with Gasteiger partial charge < -0.3 is 24.1 Å². The van der Waals surface area contributed by atoms with E-state index in [2.05, 4.69) is 0 Å². The zero-order valence-corrected chi connectivity index (χ0v) is 16.0. The number of nitrogens with zero attached hydrogens (tertiary/aromatic N) is 2. The monoisotopic (exact) mass is 374 g/mol. The molecule has 0 aliphatic carbocycles. The van der Waals surface area contributed by atoms with Gasteiger partial charge in [-0.3, -0.25) is 0 Å². The first-order valence-electron chi connectivity index (χ1n) is 9.22. The maximum absolute atomic E-state index is 12.6. The molecule has 3 atom stereocenters. The number of aldehydes is 1. The van der Waals surface area contributed by atoms with E-state index in [4.69, 9.17) is 9.47 Å². The first-order valence-corrected chi connectivity index (χ1v) is 9.22. The third-order valence-corrected chi connectivity index (χ3v) is 4.91. The van der Waals surface area contributed by atoms with Gasteiger partial charge in [-0.05, 0) is 32.8 Å². The molecule has 0 spiro atoms. The van der Waals surface area contributed by atoms with Crippen LogP contribution in [0, 0.1) is 5.92 Å². The van der Waals surface area contributed by atoms with Crippen LogP contribution in [-0.2, 0) is 20.9 Å². The Hall–Kier alpha value is -2.57. The van der Waals surface area contributed by atoms with Crippen LogP contribution in [0.5, 0.6) is 0 Å². The van der Waals surface area contributed by atoms with Gasteiger partial charge in [0, 0.05) is 13.1 Å². The lowest BCUT2D eigenvalue weighted by Crippen LogP contribution is -2.45. The van der Waals surface area contributed by atoms with E-state index in [9.17, 15) is 14.4 Å². The van der Waals surface area contributed by atoms with Gasteiger partial charge in [0.25, 0.3) is 0 Å². The molecule has 2 fully saturated rings. The quantitative estimate of drug-likeness (QED) is 0.761. The minimum absolute atomic E-state index is 0.176. The molecular formula is C20H26N2O5. The third kappa shape index (κ3) is 4.23. The molecule has 0 saturated carbocycles. The highest BCUT2D eigenvalue weighted by atomic mass is 16.6. The summed E-state index contributed by atoms with van der Waals surface area (Å²) in [6, 6.07) is 8.84. The Labute approximate surface area is 159 Å². The van der Waals surface area contributed by atoms with Crippen molar-refractivity contribution in [2.45, 2.75) is 51.5 Å². The minimum atomic E-state index is -0.612. The number of rotatable bonds is 3. The fourth-order valence-corrected chi connectivity index (χ4v) is 3.80. The van der Waals surface area contributed by atoms with Crippen molar-refractivity contribution in [2.24, 2.45) is 5.92 Å². The molecule has 2 heterocycles.